The first-order valence-electron chi connectivity index (χ1n) is 9.33. The molecule has 0 aliphatic carbocycles. The van der Waals surface area contributed by atoms with E-state index in [0.29, 0.717) is 42.7 Å². The van der Waals surface area contributed by atoms with E-state index in [0.717, 1.165) is 19.3 Å². The highest BCUT2D eigenvalue weighted by Gasteiger charge is 2.68. The Balaban J connectivity index is 1.38. The first-order chi connectivity index (χ1) is 11.2. The molecule has 23 heavy (non-hydrogen) atoms. The van der Waals surface area contributed by atoms with Crippen LogP contribution in [0.1, 0.15) is 58.3 Å². The van der Waals surface area contributed by atoms with Crippen molar-refractivity contribution >= 4 is 17.7 Å². The monoisotopic (exact) mass is 342 g/mol. The van der Waals surface area contributed by atoms with Crippen LogP contribution in [-0.4, -0.2) is 47.0 Å². The highest BCUT2D eigenvalue weighted by atomic mass is 32.2. The highest BCUT2D eigenvalue weighted by Crippen LogP contribution is 2.55. The van der Waals surface area contributed by atoms with Crippen LogP contribution in [0.3, 0.4) is 0 Å². The first kappa shape index (κ1) is 17.6. The number of rotatable bonds is 12. The van der Waals surface area contributed by atoms with Gasteiger partial charge in [-0.25, -0.2) is 0 Å². The number of ether oxygens (including phenoxy) is 2. The van der Waals surface area contributed by atoms with Crippen molar-refractivity contribution in [3.05, 3.63) is 0 Å². The maximum atomic E-state index is 10.5. The molecule has 0 aromatic carbocycles. The molecule has 0 radical (unpaired) electrons. The van der Waals surface area contributed by atoms with Crippen molar-refractivity contribution in [3.63, 3.8) is 0 Å². The molecule has 2 bridgehead atoms. The van der Waals surface area contributed by atoms with Gasteiger partial charge in [-0.15, -0.1) is 0 Å². The minimum absolute atomic E-state index is 0.311. The Morgan fingerprint density at radius 3 is 2.39 bits per heavy atom. The maximum absolute atomic E-state index is 10.5. The zero-order chi connectivity index (χ0) is 16.2. The number of unbranched alkanes of at least 4 members (excludes halogenated alkanes) is 4. The van der Waals surface area contributed by atoms with E-state index in [-0.39, 0.29) is 0 Å². The highest BCUT2D eigenvalue weighted by molar-refractivity contribution is 7.99. The van der Waals surface area contributed by atoms with Crippen molar-refractivity contribution in [1.29, 1.82) is 0 Å². The normalized spacial score (nSPS) is 37.1. The third-order valence-electron chi connectivity index (χ3n) is 5.55. The third-order valence-corrected chi connectivity index (χ3v) is 6.75. The van der Waals surface area contributed by atoms with E-state index in [1.807, 2.05) is 0 Å². The molecular formula is C18H30O4S. The number of aliphatic carboxylic acids is 1. The summed E-state index contributed by atoms with van der Waals surface area (Å²) in [5, 5.41) is 8.67. The first-order valence-corrected chi connectivity index (χ1v) is 10.5. The zero-order valence-electron chi connectivity index (χ0n) is 14.1. The second-order valence-electron chi connectivity index (χ2n) is 7.23. The Morgan fingerprint density at radius 2 is 1.65 bits per heavy atom. The molecule has 6 unspecified atom stereocenters. The largest absolute Gasteiger partial charge is 0.481 e. The number of carboxylic acid groups (broad SMARTS) is 1. The molecule has 0 aromatic heterocycles. The van der Waals surface area contributed by atoms with Crippen molar-refractivity contribution in [2.75, 3.05) is 11.5 Å². The molecule has 3 aliphatic heterocycles. The van der Waals surface area contributed by atoms with E-state index >= 15 is 0 Å². The average Bonchev–Trinajstić information content (AvgIpc) is 3.15. The quantitative estimate of drug-likeness (QED) is 0.433. The molecule has 5 heteroatoms. The molecule has 0 aromatic rings. The number of hydrogen-bond donors (Lipinski definition) is 1. The molecule has 3 aliphatic rings. The number of carboxylic acids is 1. The lowest BCUT2D eigenvalue weighted by Gasteiger charge is -2.25. The molecule has 3 rings (SSSR count). The van der Waals surface area contributed by atoms with Crippen LogP contribution < -0.4 is 0 Å². The zero-order valence-corrected chi connectivity index (χ0v) is 14.9. The number of fused-ring (bicyclic) bond motifs is 5. The van der Waals surface area contributed by atoms with Gasteiger partial charge >= 0.3 is 5.97 Å². The van der Waals surface area contributed by atoms with Gasteiger partial charge in [0.2, 0.25) is 0 Å². The number of epoxide rings is 1. The second-order valence-corrected chi connectivity index (χ2v) is 8.38. The van der Waals surface area contributed by atoms with Crippen molar-refractivity contribution in [3.8, 4) is 0 Å². The van der Waals surface area contributed by atoms with Crippen LogP contribution in [0.15, 0.2) is 0 Å². The van der Waals surface area contributed by atoms with Crippen LogP contribution in [0.5, 0.6) is 0 Å². The predicted octanol–water partition coefficient (Wildman–Crippen LogP) is 3.73. The van der Waals surface area contributed by atoms with Crippen LogP contribution >= 0.6 is 11.8 Å². The van der Waals surface area contributed by atoms with Gasteiger partial charge in [0.15, 0.2) is 0 Å². The van der Waals surface area contributed by atoms with Gasteiger partial charge in [0.25, 0.3) is 0 Å². The lowest BCUT2D eigenvalue weighted by Crippen LogP contribution is -2.34. The van der Waals surface area contributed by atoms with Gasteiger partial charge in [-0.2, -0.15) is 11.8 Å². The van der Waals surface area contributed by atoms with E-state index in [4.69, 9.17) is 14.6 Å². The fraction of sp³-hybridized carbons (Fsp3) is 0.944. The van der Waals surface area contributed by atoms with Gasteiger partial charge < -0.3 is 14.6 Å². The molecule has 3 heterocycles. The van der Waals surface area contributed by atoms with E-state index in [1.54, 1.807) is 0 Å². The molecular weight excluding hydrogens is 312 g/mol. The SMILES string of the molecule is CCCCSCC1C(CCCCCCC(=O)O)C2OC1C1OC21. The average molecular weight is 343 g/mol. The molecule has 3 fully saturated rings. The van der Waals surface area contributed by atoms with Gasteiger partial charge in [0.05, 0.1) is 12.2 Å². The molecule has 4 nitrogen and oxygen atoms in total. The summed E-state index contributed by atoms with van der Waals surface area (Å²) in [6.45, 7) is 2.25. The van der Waals surface area contributed by atoms with Gasteiger partial charge in [-0.1, -0.05) is 32.6 Å². The fourth-order valence-corrected chi connectivity index (χ4v) is 5.62. The van der Waals surface area contributed by atoms with Crippen LogP contribution in [-0.2, 0) is 14.3 Å². The van der Waals surface area contributed by atoms with Crippen molar-refractivity contribution < 1.29 is 19.4 Å². The molecule has 132 valence electrons. The summed E-state index contributed by atoms with van der Waals surface area (Å²) in [4.78, 5) is 10.5. The summed E-state index contributed by atoms with van der Waals surface area (Å²) in [6, 6.07) is 0. The van der Waals surface area contributed by atoms with Gasteiger partial charge in [-0.3, -0.25) is 4.79 Å². The summed E-state index contributed by atoms with van der Waals surface area (Å²) in [6.07, 6.45) is 9.81. The standard InChI is InChI=1S/C18H30O4S/c1-2-3-10-23-11-13-12(8-6-4-5-7-9-14(19)20)15-17-18(22-17)16(13)21-15/h12-13,15-18H,2-11H2,1H3,(H,19,20). The van der Waals surface area contributed by atoms with Gasteiger partial charge in [0.1, 0.15) is 12.2 Å². The molecule has 6 atom stereocenters. The summed E-state index contributed by atoms with van der Waals surface area (Å²) in [5.74, 6) is 3.15. The number of carbonyl (C=O) groups is 1. The van der Waals surface area contributed by atoms with Gasteiger partial charge in [-0.05, 0) is 36.7 Å². The summed E-state index contributed by atoms with van der Waals surface area (Å²) < 4.78 is 12.0. The Kier molecular flexibility index (Phi) is 6.27. The van der Waals surface area contributed by atoms with Crippen LogP contribution in [0.4, 0.5) is 0 Å². The molecule has 0 amide bonds. The molecule has 1 N–H and O–H groups in total. The smallest absolute Gasteiger partial charge is 0.303 e. The summed E-state index contributed by atoms with van der Waals surface area (Å²) in [7, 11) is 0. The van der Waals surface area contributed by atoms with Crippen molar-refractivity contribution in [2.24, 2.45) is 11.8 Å². The summed E-state index contributed by atoms with van der Waals surface area (Å²) in [5.41, 5.74) is 0. The Hall–Kier alpha value is -0.260. The minimum Gasteiger partial charge on any atom is -0.481 e. The van der Waals surface area contributed by atoms with E-state index in [9.17, 15) is 4.79 Å². The Labute approximate surface area is 143 Å². The van der Waals surface area contributed by atoms with E-state index in [2.05, 4.69) is 18.7 Å². The minimum atomic E-state index is -0.674. The van der Waals surface area contributed by atoms with E-state index < -0.39 is 5.97 Å². The van der Waals surface area contributed by atoms with Crippen LogP contribution in [0.2, 0.25) is 0 Å². The summed E-state index contributed by atoms with van der Waals surface area (Å²) >= 11 is 2.09. The van der Waals surface area contributed by atoms with Crippen LogP contribution in [0, 0.1) is 11.8 Å². The maximum Gasteiger partial charge on any atom is 0.303 e. The molecule has 0 saturated carbocycles. The number of hydrogen-bond acceptors (Lipinski definition) is 4. The lowest BCUT2D eigenvalue weighted by atomic mass is 9.77. The Bertz CT molecular complexity index is 402. The van der Waals surface area contributed by atoms with Gasteiger partial charge in [0, 0.05) is 12.3 Å². The van der Waals surface area contributed by atoms with Crippen molar-refractivity contribution in [2.45, 2.75) is 82.7 Å². The molecule has 3 saturated heterocycles. The predicted molar refractivity (Wildman–Crippen MR) is 91.9 cm³/mol. The topological polar surface area (TPSA) is 59.1 Å². The third kappa shape index (κ3) is 4.23. The second kappa shape index (κ2) is 8.21. The number of thioether (sulfide) groups is 1. The Morgan fingerprint density at radius 1 is 0.957 bits per heavy atom. The van der Waals surface area contributed by atoms with E-state index in [1.165, 1.54) is 37.2 Å². The van der Waals surface area contributed by atoms with Crippen molar-refractivity contribution in [1.82, 2.24) is 0 Å². The van der Waals surface area contributed by atoms with Crippen LogP contribution in [0.25, 0.3) is 0 Å². The molecule has 0 spiro atoms. The fourth-order valence-electron chi connectivity index (χ4n) is 4.25. The lowest BCUT2D eigenvalue weighted by molar-refractivity contribution is -0.137.